The van der Waals surface area contributed by atoms with E-state index in [2.05, 4.69) is 11.1 Å². The molecule has 0 bridgehead atoms. The molecule has 1 radical (unpaired) electrons. The number of hydrogen-bond acceptors (Lipinski definition) is 4. The molecule has 1 N–H and O–H groups in total. The van der Waals surface area contributed by atoms with Gasteiger partial charge < -0.3 is 14.5 Å². The van der Waals surface area contributed by atoms with Gasteiger partial charge in [-0.25, -0.2) is 0 Å². The Balaban J connectivity index is 0.000000287. The van der Waals surface area contributed by atoms with Gasteiger partial charge in [-0.2, -0.15) is 0 Å². The Kier molecular flexibility index (Phi) is 7.39. The predicted octanol–water partition coefficient (Wildman–Crippen LogP) is 4.33. The topological polar surface area (TPSA) is 63.3 Å². The molecule has 1 aromatic carbocycles. The number of aliphatic hydroxyl groups excluding tert-OH is 1. The van der Waals surface area contributed by atoms with Crippen molar-refractivity contribution in [3.05, 3.63) is 66.8 Å². The average Bonchev–Trinajstić information content (AvgIpc) is 2.95. The third-order valence-electron chi connectivity index (χ3n) is 2.76. The summed E-state index contributed by atoms with van der Waals surface area (Å²) in [5.74, 6) is -0.0625. The van der Waals surface area contributed by atoms with Crippen LogP contribution in [0.5, 0.6) is 0 Å². The van der Waals surface area contributed by atoms with Crippen molar-refractivity contribution in [2.75, 3.05) is 0 Å². The third kappa shape index (κ3) is 5.47. The number of nitrogens with zero attached hydrogens (tertiary/aromatic N) is 1. The zero-order chi connectivity index (χ0) is 15.9. The number of carbonyl (C=O) groups excluding carboxylic acids is 1. The monoisotopic (exact) mass is 487 g/mol. The van der Waals surface area contributed by atoms with Crippen LogP contribution in [0.15, 0.2) is 65.1 Å². The molecule has 3 aromatic rings. The van der Waals surface area contributed by atoms with Crippen molar-refractivity contribution in [2.24, 2.45) is 0 Å². The van der Waals surface area contributed by atoms with Crippen LogP contribution in [-0.2, 0) is 24.9 Å². The van der Waals surface area contributed by atoms with E-state index in [1.807, 2.05) is 36.4 Å². The summed E-state index contributed by atoms with van der Waals surface area (Å²) < 4.78 is 5.33. The molecule has 23 heavy (non-hydrogen) atoms. The smallest absolute Gasteiger partial charge is 0.155 e. The van der Waals surface area contributed by atoms with Crippen molar-refractivity contribution in [1.29, 1.82) is 0 Å². The fourth-order valence-electron chi connectivity index (χ4n) is 1.94. The molecule has 121 valence electrons. The number of fused-ring (bicyclic) bond motifs is 1. The zero-order valence-electron chi connectivity index (χ0n) is 12.7. The summed E-state index contributed by atoms with van der Waals surface area (Å²) in [6, 6.07) is 14.8. The van der Waals surface area contributed by atoms with E-state index in [1.54, 1.807) is 12.5 Å². The van der Waals surface area contributed by atoms with E-state index in [0.717, 1.165) is 22.2 Å². The average molecular weight is 487 g/mol. The van der Waals surface area contributed by atoms with Crippen molar-refractivity contribution < 1.29 is 34.4 Å². The summed E-state index contributed by atoms with van der Waals surface area (Å²) in [7, 11) is 0. The van der Waals surface area contributed by atoms with Crippen LogP contribution in [0.1, 0.15) is 13.8 Å². The fraction of sp³-hybridized carbons (Fsp3) is 0.111. The van der Waals surface area contributed by atoms with Gasteiger partial charge in [-0.1, -0.05) is 0 Å². The van der Waals surface area contributed by atoms with Crippen molar-refractivity contribution in [1.82, 2.24) is 4.98 Å². The van der Waals surface area contributed by atoms with Gasteiger partial charge in [-0.3, -0.25) is 4.79 Å². The second kappa shape index (κ2) is 9.03. The van der Waals surface area contributed by atoms with Crippen LogP contribution >= 0.6 is 0 Å². The molecule has 0 unspecified atom stereocenters. The maximum absolute atomic E-state index is 10.0. The number of carbonyl (C=O) groups is 1. The molecule has 0 fully saturated rings. The first-order valence-corrected chi connectivity index (χ1v) is 6.75. The molecule has 4 nitrogen and oxygen atoms in total. The molecular weight excluding hydrogens is 470 g/mol. The molecule has 0 spiro atoms. The van der Waals surface area contributed by atoms with Gasteiger partial charge in [0.1, 0.15) is 5.58 Å². The van der Waals surface area contributed by atoms with Gasteiger partial charge >= 0.3 is 0 Å². The first-order valence-electron chi connectivity index (χ1n) is 6.75. The minimum atomic E-state index is -0.125. The Bertz CT molecular complexity index is 790. The second-order valence-electron chi connectivity index (χ2n) is 4.66. The summed E-state index contributed by atoms with van der Waals surface area (Å²) >= 11 is 0. The number of allylic oxidation sites excluding steroid dienone is 2. The van der Waals surface area contributed by atoms with Crippen LogP contribution in [0.4, 0.5) is 0 Å². The van der Waals surface area contributed by atoms with Crippen molar-refractivity contribution >= 4 is 16.8 Å². The summed E-state index contributed by atoms with van der Waals surface area (Å²) in [5.41, 5.74) is 2.77. The van der Waals surface area contributed by atoms with E-state index in [-0.39, 0.29) is 31.6 Å². The number of aromatic nitrogens is 1. The summed E-state index contributed by atoms with van der Waals surface area (Å²) in [4.78, 5) is 14.4. The predicted molar refractivity (Wildman–Crippen MR) is 85.3 cm³/mol. The number of furan rings is 1. The maximum Gasteiger partial charge on any atom is 0.155 e. The Morgan fingerprint density at radius 3 is 2.61 bits per heavy atom. The van der Waals surface area contributed by atoms with Crippen LogP contribution in [0.25, 0.3) is 22.2 Å². The van der Waals surface area contributed by atoms with Crippen LogP contribution in [0.2, 0.25) is 0 Å². The summed E-state index contributed by atoms with van der Waals surface area (Å²) in [5, 5.41) is 9.39. The van der Waals surface area contributed by atoms with Gasteiger partial charge in [0, 0.05) is 37.8 Å². The van der Waals surface area contributed by atoms with Crippen molar-refractivity contribution in [3.63, 3.8) is 0 Å². The molecule has 0 saturated heterocycles. The molecule has 2 heterocycles. The number of pyridine rings is 1. The molecule has 0 aliphatic rings. The van der Waals surface area contributed by atoms with Gasteiger partial charge in [0.2, 0.25) is 0 Å². The van der Waals surface area contributed by atoms with Crippen molar-refractivity contribution in [3.8, 4) is 11.3 Å². The first kappa shape index (κ1) is 18.8. The van der Waals surface area contributed by atoms with E-state index >= 15 is 0 Å². The molecular formula is C18H16IrNO3-. The van der Waals surface area contributed by atoms with Gasteiger partial charge in [-0.15, -0.1) is 35.9 Å². The van der Waals surface area contributed by atoms with E-state index in [0.29, 0.717) is 0 Å². The molecule has 3 rings (SSSR count). The van der Waals surface area contributed by atoms with E-state index in [4.69, 9.17) is 9.52 Å². The van der Waals surface area contributed by atoms with Gasteiger partial charge in [0.15, 0.2) is 5.78 Å². The number of rotatable bonds is 2. The standard InChI is InChI=1S/C13H8NO.C5H8O2.Ir/c1-2-4-10(5-3-1)13-11-7-9-15-12(11)6-8-14-13;1-4(6)3-5(2)7;/h1-4,6-9H;3,6H,1-2H3;/q-1;;. The Hall–Kier alpha value is -2.23. The van der Waals surface area contributed by atoms with Crippen LogP contribution in [0.3, 0.4) is 0 Å². The fourth-order valence-corrected chi connectivity index (χ4v) is 1.94. The molecule has 0 atom stereocenters. The minimum Gasteiger partial charge on any atom is -0.512 e. The van der Waals surface area contributed by atoms with Crippen LogP contribution in [-0.4, -0.2) is 15.9 Å². The quantitative estimate of drug-likeness (QED) is 0.333. The largest absolute Gasteiger partial charge is 0.512 e. The Morgan fingerprint density at radius 2 is 2.04 bits per heavy atom. The van der Waals surface area contributed by atoms with Gasteiger partial charge in [0.05, 0.1) is 12.0 Å². The molecule has 5 heteroatoms. The van der Waals surface area contributed by atoms with E-state index < -0.39 is 0 Å². The van der Waals surface area contributed by atoms with E-state index in [9.17, 15) is 4.79 Å². The molecule has 0 aliphatic carbocycles. The SMILES string of the molecule is CC(=O)C=C(C)O.[Ir].[c-]1ccccc1-c1nccc2occc12. The first-order chi connectivity index (χ1) is 10.6. The molecule has 0 amide bonds. The zero-order valence-corrected chi connectivity index (χ0v) is 15.1. The minimum absolute atomic E-state index is 0. The van der Waals surface area contributed by atoms with Gasteiger partial charge in [-0.05, 0) is 31.7 Å². The number of ketones is 1. The number of aliphatic hydroxyl groups is 1. The maximum atomic E-state index is 10.0. The Morgan fingerprint density at radius 1 is 1.26 bits per heavy atom. The summed E-state index contributed by atoms with van der Waals surface area (Å²) in [6.45, 7) is 2.85. The Labute approximate surface area is 148 Å². The molecule has 0 saturated carbocycles. The van der Waals surface area contributed by atoms with Crippen LogP contribution in [0, 0.1) is 6.07 Å². The third-order valence-corrected chi connectivity index (χ3v) is 2.76. The molecule has 2 aromatic heterocycles. The van der Waals surface area contributed by atoms with E-state index in [1.165, 1.54) is 19.9 Å². The number of benzene rings is 1. The normalized spacial score (nSPS) is 10.4. The van der Waals surface area contributed by atoms with Crippen molar-refractivity contribution in [2.45, 2.75) is 13.8 Å². The van der Waals surface area contributed by atoms with Crippen LogP contribution < -0.4 is 0 Å². The molecule has 0 aliphatic heterocycles. The number of hydrogen-bond donors (Lipinski definition) is 1. The van der Waals surface area contributed by atoms with Gasteiger partial charge in [0.25, 0.3) is 0 Å². The summed E-state index contributed by atoms with van der Waals surface area (Å²) in [6.07, 6.45) is 4.60. The second-order valence-corrected chi connectivity index (χ2v) is 4.66.